The van der Waals surface area contributed by atoms with Crippen molar-refractivity contribution in [1.29, 1.82) is 0 Å². The van der Waals surface area contributed by atoms with Crippen molar-refractivity contribution in [3.05, 3.63) is 28.8 Å². The van der Waals surface area contributed by atoms with Crippen molar-refractivity contribution in [3.8, 4) is 0 Å². The molecule has 0 aliphatic carbocycles. The zero-order valence-corrected chi connectivity index (χ0v) is 15.7. The van der Waals surface area contributed by atoms with Gasteiger partial charge in [0.2, 0.25) is 0 Å². The number of aryl methyl sites for hydroxylation is 1. The van der Waals surface area contributed by atoms with Gasteiger partial charge in [-0.1, -0.05) is 47.6 Å². The van der Waals surface area contributed by atoms with E-state index in [1.807, 2.05) is 6.07 Å². The molecule has 0 aliphatic heterocycles. The first-order valence-corrected chi connectivity index (χ1v) is 8.79. The Morgan fingerprint density at radius 3 is 1.62 bits per heavy atom. The summed E-state index contributed by atoms with van der Waals surface area (Å²) in [5, 5.41) is 0.676. The summed E-state index contributed by atoms with van der Waals surface area (Å²) in [4.78, 5) is 0. The minimum Gasteiger partial charge on any atom is -0.309 e. The molecule has 0 unspecified atom stereocenters. The van der Waals surface area contributed by atoms with E-state index in [0.717, 1.165) is 5.56 Å². The lowest BCUT2D eigenvalue weighted by Crippen LogP contribution is -2.27. The third kappa shape index (κ3) is 3.77. The molecule has 1 aromatic carbocycles. The third-order valence-electron chi connectivity index (χ3n) is 3.73. The molecule has 0 saturated carbocycles. The molecule has 0 aromatic heterocycles. The van der Waals surface area contributed by atoms with Gasteiger partial charge in [0.25, 0.3) is 0 Å². The van der Waals surface area contributed by atoms with Crippen molar-refractivity contribution in [2.45, 2.75) is 59.3 Å². The number of hydrogen-bond donors (Lipinski definition) is 0. The lowest BCUT2D eigenvalue weighted by Gasteiger charge is -2.30. The Hall–Kier alpha value is -0.630. The fraction of sp³-hybridized carbons (Fsp3) is 0.647. The minimum absolute atomic E-state index is 0.0262. The molecule has 0 atom stereocenters. The highest BCUT2D eigenvalue weighted by molar-refractivity contribution is 7.62. The molecule has 120 valence electrons. The maximum atomic E-state index is 13.0. The maximum absolute atomic E-state index is 13.0. The summed E-state index contributed by atoms with van der Waals surface area (Å²) in [6, 6.07) is 4.13. The van der Waals surface area contributed by atoms with E-state index in [2.05, 4.69) is 54.5 Å². The second kappa shape index (κ2) is 5.87. The zero-order chi connectivity index (χ0) is 16.6. The summed E-state index contributed by atoms with van der Waals surface area (Å²) in [5.74, 6) is 0. The van der Waals surface area contributed by atoms with E-state index in [1.165, 1.54) is 25.3 Å². The average molecular weight is 312 g/mol. The Morgan fingerprint density at radius 1 is 0.857 bits per heavy atom. The van der Waals surface area contributed by atoms with Gasteiger partial charge < -0.3 is 9.05 Å². The molecular formula is C17H29O3P. The van der Waals surface area contributed by atoms with Gasteiger partial charge in [-0.15, -0.1) is 0 Å². The van der Waals surface area contributed by atoms with Crippen LogP contribution in [0.5, 0.6) is 0 Å². The molecule has 0 spiro atoms. The molecule has 0 saturated heterocycles. The van der Waals surface area contributed by atoms with Crippen LogP contribution in [0.2, 0.25) is 0 Å². The standard InChI is InChI=1S/C17H29O3P/c1-12-10-14(17(5,6)7)15(21(18,19-8)20-9)11-13(12)16(2,3)4/h10-11H,1-9H3. The first kappa shape index (κ1) is 18.4. The minimum atomic E-state index is -3.28. The normalized spacial score (nSPS) is 13.6. The molecule has 0 heterocycles. The van der Waals surface area contributed by atoms with Crippen LogP contribution in [0.3, 0.4) is 0 Å². The van der Waals surface area contributed by atoms with Crippen LogP contribution in [0, 0.1) is 6.92 Å². The van der Waals surface area contributed by atoms with Crippen LogP contribution in [0.1, 0.15) is 58.2 Å². The summed E-state index contributed by atoms with van der Waals surface area (Å²) in [6.45, 7) is 14.9. The molecule has 3 nitrogen and oxygen atoms in total. The first-order valence-electron chi connectivity index (χ1n) is 7.24. The SMILES string of the molecule is COP(=O)(OC)c1cc(C(C)(C)C)c(C)cc1C(C)(C)C. The summed E-state index contributed by atoms with van der Waals surface area (Å²) < 4.78 is 23.5. The van der Waals surface area contributed by atoms with E-state index in [-0.39, 0.29) is 10.8 Å². The second-order valence-electron chi connectivity index (χ2n) is 7.55. The molecule has 0 bridgehead atoms. The smallest absolute Gasteiger partial charge is 0.309 e. The van der Waals surface area contributed by atoms with E-state index in [0.29, 0.717) is 5.30 Å². The van der Waals surface area contributed by atoms with Crippen molar-refractivity contribution >= 4 is 12.9 Å². The fourth-order valence-electron chi connectivity index (χ4n) is 2.60. The molecule has 0 N–H and O–H groups in total. The first-order chi connectivity index (χ1) is 9.36. The van der Waals surface area contributed by atoms with Gasteiger partial charge in [-0.2, -0.15) is 0 Å². The summed E-state index contributed by atoms with van der Waals surface area (Å²) in [6.07, 6.45) is 0. The van der Waals surface area contributed by atoms with E-state index in [4.69, 9.17) is 9.05 Å². The van der Waals surface area contributed by atoms with Gasteiger partial charge in [0.15, 0.2) is 0 Å². The van der Waals surface area contributed by atoms with E-state index in [9.17, 15) is 4.57 Å². The number of benzene rings is 1. The van der Waals surface area contributed by atoms with Crippen molar-refractivity contribution in [3.63, 3.8) is 0 Å². The highest BCUT2D eigenvalue weighted by Crippen LogP contribution is 2.48. The van der Waals surface area contributed by atoms with Gasteiger partial charge >= 0.3 is 7.60 Å². The molecule has 0 aliphatic rings. The Labute approximate surface area is 129 Å². The topological polar surface area (TPSA) is 35.5 Å². The molecule has 1 rings (SSSR count). The quantitative estimate of drug-likeness (QED) is 0.759. The van der Waals surface area contributed by atoms with Crippen LogP contribution in [0.25, 0.3) is 0 Å². The van der Waals surface area contributed by atoms with Crippen LogP contribution < -0.4 is 5.30 Å². The highest BCUT2D eigenvalue weighted by atomic mass is 31.2. The van der Waals surface area contributed by atoms with Crippen molar-refractivity contribution in [2.24, 2.45) is 0 Å². The molecule has 4 heteroatoms. The maximum Gasteiger partial charge on any atom is 0.361 e. The Bertz CT molecular complexity index is 555. The van der Waals surface area contributed by atoms with Crippen molar-refractivity contribution < 1.29 is 13.6 Å². The second-order valence-corrected chi connectivity index (χ2v) is 9.75. The predicted octanol–water partition coefficient (Wildman–Crippen LogP) is 4.70. The van der Waals surface area contributed by atoms with Gasteiger partial charge in [-0.3, -0.25) is 4.57 Å². The summed E-state index contributed by atoms with van der Waals surface area (Å²) >= 11 is 0. The van der Waals surface area contributed by atoms with E-state index >= 15 is 0 Å². The monoisotopic (exact) mass is 312 g/mol. The molecule has 0 amide bonds. The number of rotatable bonds is 3. The summed E-state index contributed by atoms with van der Waals surface area (Å²) in [7, 11) is -0.408. The molecule has 0 fully saturated rings. The lowest BCUT2D eigenvalue weighted by molar-refractivity contribution is 0.286. The van der Waals surface area contributed by atoms with Gasteiger partial charge in [0.1, 0.15) is 0 Å². The van der Waals surface area contributed by atoms with E-state index in [1.54, 1.807) is 0 Å². The molecule has 21 heavy (non-hydrogen) atoms. The van der Waals surface area contributed by atoms with Crippen LogP contribution in [-0.2, 0) is 24.4 Å². The zero-order valence-electron chi connectivity index (χ0n) is 14.8. The Balaban J connectivity index is 3.77. The third-order valence-corrected chi connectivity index (χ3v) is 5.66. The summed E-state index contributed by atoms with van der Waals surface area (Å²) in [5.41, 5.74) is 3.22. The van der Waals surface area contributed by atoms with Crippen LogP contribution >= 0.6 is 7.60 Å². The molecule has 0 radical (unpaired) electrons. The van der Waals surface area contributed by atoms with E-state index < -0.39 is 7.60 Å². The number of hydrogen-bond acceptors (Lipinski definition) is 3. The van der Waals surface area contributed by atoms with Crippen molar-refractivity contribution in [2.75, 3.05) is 14.2 Å². The fourth-order valence-corrected chi connectivity index (χ4v) is 4.13. The van der Waals surface area contributed by atoms with Crippen LogP contribution in [-0.4, -0.2) is 14.2 Å². The molecule has 1 aromatic rings. The highest BCUT2D eigenvalue weighted by Gasteiger charge is 2.34. The van der Waals surface area contributed by atoms with Gasteiger partial charge in [-0.05, 0) is 40.5 Å². The van der Waals surface area contributed by atoms with Crippen LogP contribution in [0.4, 0.5) is 0 Å². The van der Waals surface area contributed by atoms with Crippen LogP contribution in [0.15, 0.2) is 12.1 Å². The van der Waals surface area contributed by atoms with Gasteiger partial charge in [0, 0.05) is 14.2 Å². The Morgan fingerprint density at radius 2 is 1.29 bits per heavy atom. The van der Waals surface area contributed by atoms with Gasteiger partial charge in [0.05, 0.1) is 5.30 Å². The van der Waals surface area contributed by atoms with Crippen molar-refractivity contribution in [1.82, 2.24) is 0 Å². The molecular weight excluding hydrogens is 283 g/mol. The Kier molecular flexibility index (Phi) is 5.15. The average Bonchev–Trinajstić information content (AvgIpc) is 2.35. The largest absolute Gasteiger partial charge is 0.361 e. The predicted molar refractivity (Wildman–Crippen MR) is 89.8 cm³/mol. The van der Waals surface area contributed by atoms with Gasteiger partial charge in [-0.25, -0.2) is 0 Å². The lowest BCUT2D eigenvalue weighted by atomic mass is 9.79.